The zero-order valence-corrected chi connectivity index (χ0v) is 9.03. The van der Waals surface area contributed by atoms with E-state index in [1.165, 1.54) is 36.4 Å². The van der Waals surface area contributed by atoms with E-state index in [9.17, 15) is 4.79 Å². The van der Waals surface area contributed by atoms with Gasteiger partial charge in [0, 0.05) is 0 Å². The van der Waals surface area contributed by atoms with Crippen LogP contribution in [0.5, 0.6) is 0 Å². The van der Waals surface area contributed by atoms with E-state index in [4.69, 9.17) is 5.11 Å². The number of hydrogen-bond donors (Lipinski definition) is 1. The second kappa shape index (κ2) is 3.59. The van der Waals surface area contributed by atoms with E-state index in [0.29, 0.717) is 5.69 Å². The maximum absolute atomic E-state index is 10.6. The van der Waals surface area contributed by atoms with Gasteiger partial charge in [0.15, 0.2) is 0 Å². The average Bonchev–Trinajstić information content (AvgIpc) is 2.46. The third-order valence-corrected chi connectivity index (χ3v) is 2.15. The molecular weight excluding hydrogens is 328 g/mol. The molecule has 0 amide bonds. The Morgan fingerprint density at radius 1 is 1.83 bits per heavy atom. The summed E-state index contributed by atoms with van der Waals surface area (Å²) in [7, 11) is 0. The Balaban J connectivity index is 3.31. The van der Waals surface area contributed by atoms with Crippen LogP contribution >= 0.6 is 0 Å². The Morgan fingerprint density at radius 2 is 2.50 bits per heavy atom. The van der Waals surface area contributed by atoms with Crippen LogP contribution in [-0.2, 0) is 19.4 Å². The molecule has 62 valence electrons. The van der Waals surface area contributed by atoms with Crippen LogP contribution in [0.15, 0.2) is 12.8 Å². The van der Waals surface area contributed by atoms with E-state index in [1.54, 1.807) is 4.40 Å². The summed E-state index contributed by atoms with van der Waals surface area (Å²) in [6.45, 7) is 3.51. The standard InChI is InChI=1S/C7H6N2O2.W/c1-3-9-5(2)6(4-8-9)7(10)11;/h2-4H,1H2,(H,10,11);. The quantitative estimate of drug-likeness (QED) is 0.870. The molecule has 0 aliphatic rings. The van der Waals surface area contributed by atoms with Crippen molar-refractivity contribution in [1.29, 1.82) is 0 Å². The summed E-state index contributed by atoms with van der Waals surface area (Å²) in [6, 6.07) is 0. The van der Waals surface area contributed by atoms with E-state index in [1.807, 2.05) is 0 Å². The first-order valence-electron chi connectivity index (χ1n) is 3.09. The Labute approximate surface area is 79.9 Å². The number of carboxylic acids is 1. The van der Waals surface area contributed by atoms with Crippen molar-refractivity contribution >= 4 is 16.6 Å². The topological polar surface area (TPSA) is 55.1 Å². The van der Waals surface area contributed by atoms with E-state index >= 15 is 0 Å². The molecule has 1 rings (SSSR count). The SMILES string of the molecule is C=Cn1ncc(C(=O)O)c1[CH]=[W]. The molecule has 1 aromatic heterocycles. The van der Waals surface area contributed by atoms with Gasteiger partial charge in [0.05, 0.1) is 0 Å². The summed E-state index contributed by atoms with van der Waals surface area (Å²) in [5, 5.41) is 12.5. The van der Waals surface area contributed by atoms with Gasteiger partial charge in [-0.1, -0.05) is 0 Å². The molecule has 0 radical (unpaired) electrons. The molecule has 0 saturated carbocycles. The minimum absolute atomic E-state index is 0.213. The first-order chi connectivity index (χ1) is 5.70. The van der Waals surface area contributed by atoms with Gasteiger partial charge >= 0.3 is 79.6 Å². The van der Waals surface area contributed by atoms with Crippen molar-refractivity contribution in [3.63, 3.8) is 0 Å². The van der Waals surface area contributed by atoms with Gasteiger partial charge in [0.2, 0.25) is 0 Å². The molecule has 0 aliphatic heterocycles. The molecule has 0 saturated heterocycles. The van der Waals surface area contributed by atoms with Gasteiger partial charge in [0.1, 0.15) is 0 Å². The first kappa shape index (κ1) is 9.07. The molecule has 12 heavy (non-hydrogen) atoms. The maximum atomic E-state index is 10.6. The molecule has 0 aliphatic carbocycles. The Kier molecular flexibility index (Phi) is 2.71. The fourth-order valence-electron chi connectivity index (χ4n) is 0.799. The van der Waals surface area contributed by atoms with Gasteiger partial charge in [-0.15, -0.1) is 0 Å². The van der Waals surface area contributed by atoms with Gasteiger partial charge in [-0.05, 0) is 0 Å². The predicted octanol–water partition coefficient (Wildman–Crippen LogP) is 0.379. The molecule has 1 heterocycles. The first-order valence-corrected chi connectivity index (χ1v) is 4.78. The summed E-state index contributed by atoms with van der Waals surface area (Å²) in [6.07, 6.45) is 2.79. The van der Waals surface area contributed by atoms with Crippen LogP contribution in [0.3, 0.4) is 0 Å². The van der Waals surface area contributed by atoms with Crippen molar-refractivity contribution < 1.29 is 29.3 Å². The average molecular weight is 334 g/mol. The molecule has 0 unspecified atom stereocenters. The van der Waals surface area contributed by atoms with Crippen LogP contribution < -0.4 is 0 Å². The summed E-state index contributed by atoms with van der Waals surface area (Å²) in [4.78, 5) is 10.6. The number of carbonyl (C=O) groups is 1. The van der Waals surface area contributed by atoms with Gasteiger partial charge < -0.3 is 0 Å². The number of carboxylic acid groups (broad SMARTS) is 1. The molecule has 5 heteroatoms. The third-order valence-electron chi connectivity index (χ3n) is 1.35. The van der Waals surface area contributed by atoms with Gasteiger partial charge in [0.25, 0.3) is 0 Å². The number of aromatic nitrogens is 2. The van der Waals surface area contributed by atoms with Crippen molar-refractivity contribution in [3.8, 4) is 0 Å². The Hall–Kier alpha value is -1.02. The molecule has 0 spiro atoms. The number of aromatic carboxylic acids is 1. The van der Waals surface area contributed by atoms with Crippen LogP contribution in [0.25, 0.3) is 6.20 Å². The number of rotatable bonds is 3. The number of hydrogen-bond acceptors (Lipinski definition) is 2. The van der Waals surface area contributed by atoms with Crippen LogP contribution in [0.2, 0.25) is 0 Å². The minimum atomic E-state index is -0.962. The van der Waals surface area contributed by atoms with E-state index in [0.717, 1.165) is 0 Å². The zero-order valence-electron chi connectivity index (χ0n) is 6.10. The second-order valence-electron chi connectivity index (χ2n) is 1.99. The van der Waals surface area contributed by atoms with Crippen molar-refractivity contribution in [2.24, 2.45) is 0 Å². The second-order valence-corrected chi connectivity index (χ2v) is 2.84. The van der Waals surface area contributed by atoms with E-state index < -0.39 is 5.97 Å². The Morgan fingerprint density at radius 3 is 2.92 bits per heavy atom. The monoisotopic (exact) mass is 334 g/mol. The van der Waals surface area contributed by atoms with Crippen molar-refractivity contribution in [2.45, 2.75) is 0 Å². The van der Waals surface area contributed by atoms with Crippen LogP contribution in [-0.4, -0.2) is 25.3 Å². The summed E-state index contributed by atoms with van der Waals surface area (Å²) < 4.78 is 3.20. The van der Waals surface area contributed by atoms with Crippen molar-refractivity contribution in [2.75, 3.05) is 0 Å². The molecule has 1 N–H and O–H groups in total. The van der Waals surface area contributed by atoms with Crippen molar-refractivity contribution in [3.05, 3.63) is 24.0 Å². The molecule has 1 aromatic rings. The molecule has 0 fully saturated rings. The zero-order chi connectivity index (χ0) is 9.14. The van der Waals surface area contributed by atoms with Gasteiger partial charge in [-0.2, -0.15) is 0 Å². The Bertz CT molecular complexity index is 343. The molecular formula is C7H6N2O2W. The van der Waals surface area contributed by atoms with E-state index in [2.05, 4.69) is 11.7 Å². The molecule has 0 atom stereocenters. The number of nitrogens with zero attached hydrogens (tertiary/aromatic N) is 2. The molecule has 4 nitrogen and oxygen atoms in total. The summed E-state index contributed by atoms with van der Waals surface area (Å²) in [5.41, 5.74) is 0.803. The van der Waals surface area contributed by atoms with Gasteiger partial charge in [-0.3, -0.25) is 0 Å². The fourth-order valence-corrected chi connectivity index (χ4v) is 1.64. The summed E-state index contributed by atoms with van der Waals surface area (Å²) >= 11 is 1.18. The van der Waals surface area contributed by atoms with E-state index in [-0.39, 0.29) is 5.56 Å². The predicted molar refractivity (Wildman–Crippen MR) is 40.7 cm³/mol. The normalized spacial score (nSPS) is 9.33. The van der Waals surface area contributed by atoms with Crippen LogP contribution in [0.1, 0.15) is 16.1 Å². The molecule has 0 aromatic carbocycles. The van der Waals surface area contributed by atoms with Crippen LogP contribution in [0.4, 0.5) is 0 Å². The third kappa shape index (κ3) is 1.43. The van der Waals surface area contributed by atoms with Crippen LogP contribution in [0, 0.1) is 0 Å². The van der Waals surface area contributed by atoms with Crippen molar-refractivity contribution in [1.82, 2.24) is 9.78 Å². The van der Waals surface area contributed by atoms with Gasteiger partial charge in [-0.25, -0.2) is 0 Å². The molecule has 0 bridgehead atoms. The fraction of sp³-hybridized carbons (Fsp3) is 0. The summed E-state index contributed by atoms with van der Waals surface area (Å²) in [5.74, 6) is -0.962.